The Balaban J connectivity index is 2.09. The van der Waals surface area contributed by atoms with Gasteiger partial charge < -0.3 is 10.4 Å². The van der Waals surface area contributed by atoms with E-state index in [1.807, 2.05) is 6.07 Å². The smallest absolute Gasteiger partial charge is 0.134 e. The van der Waals surface area contributed by atoms with E-state index in [0.717, 1.165) is 11.3 Å². The van der Waals surface area contributed by atoms with Crippen molar-refractivity contribution in [1.29, 1.82) is 0 Å². The van der Waals surface area contributed by atoms with Crippen molar-refractivity contribution in [1.82, 2.24) is 0 Å². The van der Waals surface area contributed by atoms with Crippen LogP contribution in [0, 0.1) is 0 Å². The van der Waals surface area contributed by atoms with Crippen LogP contribution < -0.4 is 5.32 Å². The van der Waals surface area contributed by atoms with E-state index in [-0.39, 0.29) is 5.75 Å². The summed E-state index contributed by atoms with van der Waals surface area (Å²) in [5.74, 6) is 0.0740. The third-order valence-corrected chi connectivity index (χ3v) is 3.28. The number of benzene rings is 2. The highest BCUT2D eigenvalue weighted by atomic mass is 35.5. The molecule has 2 N–H and O–H groups in total. The summed E-state index contributed by atoms with van der Waals surface area (Å²) in [6, 6.07) is 10.3. The Morgan fingerprint density at radius 1 is 0.944 bits per heavy atom. The average molecular weight is 303 g/mol. The molecule has 0 saturated carbocycles. The number of hydrogen-bond donors (Lipinski definition) is 2. The van der Waals surface area contributed by atoms with E-state index >= 15 is 0 Å². The van der Waals surface area contributed by atoms with Crippen molar-refractivity contribution in [3.05, 3.63) is 57.0 Å². The number of phenolic OH excluding ortho intramolecular Hbond substituents is 1. The Morgan fingerprint density at radius 3 is 2.39 bits per heavy atom. The number of anilines is 1. The van der Waals surface area contributed by atoms with E-state index in [4.69, 9.17) is 34.8 Å². The van der Waals surface area contributed by atoms with Crippen molar-refractivity contribution in [3.8, 4) is 5.75 Å². The van der Waals surface area contributed by atoms with Gasteiger partial charge in [0.15, 0.2) is 0 Å². The predicted molar refractivity (Wildman–Crippen MR) is 76.9 cm³/mol. The van der Waals surface area contributed by atoms with Crippen LogP contribution in [0.2, 0.25) is 15.1 Å². The van der Waals surface area contributed by atoms with Gasteiger partial charge in [0.05, 0.1) is 15.7 Å². The highest BCUT2D eigenvalue weighted by molar-refractivity contribution is 6.36. The number of rotatable bonds is 3. The van der Waals surface area contributed by atoms with Crippen LogP contribution in [-0.2, 0) is 6.54 Å². The van der Waals surface area contributed by atoms with Crippen LogP contribution in [0.5, 0.6) is 5.75 Å². The van der Waals surface area contributed by atoms with Crippen LogP contribution in [0.15, 0.2) is 36.4 Å². The Hall–Kier alpha value is -1.09. The van der Waals surface area contributed by atoms with Crippen LogP contribution in [0.1, 0.15) is 5.56 Å². The van der Waals surface area contributed by atoms with Gasteiger partial charge in [-0.3, -0.25) is 0 Å². The molecule has 0 aliphatic rings. The van der Waals surface area contributed by atoms with Crippen molar-refractivity contribution in [2.24, 2.45) is 0 Å². The third-order valence-electron chi connectivity index (χ3n) is 2.43. The van der Waals surface area contributed by atoms with Gasteiger partial charge in [-0.1, -0.05) is 40.9 Å². The minimum absolute atomic E-state index is 0.0740. The van der Waals surface area contributed by atoms with Gasteiger partial charge in [0.1, 0.15) is 5.75 Å². The fourth-order valence-corrected chi connectivity index (χ4v) is 2.17. The minimum Gasteiger partial charge on any atom is -0.506 e. The molecule has 0 radical (unpaired) electrons. The molecule has 0 aliphatic carbocycles. The van der Waals surface area contributed by atoms with Crippen LogP contribution >= 0.6 is 34.8 Å². The molecule has 0 saturated heterocycles. The van der Waals surface area contributed by atoms with Gasteiger partial charge in [-0.15, -0.1) is 0 Å². The van der Waals surface area contributed by atoms with Gasteiger partial charge in [0, 0.05) is 11.6 Å². The molecule has 2 aromatic carbocycles. The van der Waals surface area contributed by atoms with Gasteiger partial charge in [-0.25, -0.2) is 0 Å². The highest BCUT2D eigenvalue weighted by Crippen LogP contribution is 2.27. The SMILES string of the molecule is Oc1ccc(CNc2ccc(Cl)cc2Cl)cc1Cl. The molecule has 2 rings (SSSR count). The molecule has 0 aromatic heterocycles. The Labute approximate surface area is 120 Å². The molecule has 0 heterocycles. The van der Waals surface area contributed by atoms with Gasteiger partial charge in [0.2, 0.25) is 0 Å². The van der Waals surface area contributed by atoms with Crippen molar-refractivity contribution in [3.63, 3.8) is 0 Å². The lowest BCUT2D eigenvalue weighted by atomic mass is 10.2. The van der Waals surface area contributed by atoms with Crippen molar-refractivity contribution in [2.75, 3.05) is 5.32 Å². The lowest BCUT2D eigenvalue weighted by Gasteiger charge is -2.09. The van der Waals surface area contributed by atoms with Gasteiger partial charge in [0.25, 0.3) is 0 Å². The van der Waals surface area contributed by atoms with Crippen molar-refractivity contribution >= 4 is 40.5 Å². The molecule has 94 valence electrons. The maximum atomic E-state index is 9.32. The molecule has 0 amide bonds. The van der Waals surface area contributed by atoms with Gasteiger partial charge in [-0.2, -0.15) is 0 Å². The summed E-state index contributed by atoms with van der Waals surface area (Å²) in [5, 5.41) is 14.0. The molecule has 0 unspecified atom stereocenters. The zero-order valence-electron chi connectivity index (χ0n) is 9.25. The zero-order chi connectivity index (χ0) is 13.1. The largest absolute Gasteiger partial charge is 0.506 e. The van der Waals surface area contributed by atoms with E-state index in [9.17, 15) is 5.11 Å². The quantitative estimate of drug-likeness (QED) is 0.839. The number of hydrogen-bond acceptors (Lipinski definition) is 2. The Kier molecular flexibility index (Phi) is 4.23. The number of aromatic hydroxyl groups is 1. The molecule has 0 fully saturated rings. The molecule has 2 nitrogen and oxygen atoms in total. The summed E-state index contributed by atoms with van der Waals surface area (Å²) in [7, 11) is 0. The first-order chi connectivity index (χ1) is 8.56. The van der Waals surface area contributed by atoms with E-state index in [0.29, 0.717) is 21.6 Å². The molecule has 0 aliphatic heterocycles. The van der Waals surface area contributed by atoms with Crippen LogP contribution in [0.3, 0.4) is 0 Å². The second kappa shape index (κ2) is 5.70. The Morgan fingerprint density at radius 2 is 1.72 bits per heavy atom. The van der Waals surface area contributed by atoms with E-state index < -0.39 is 0 Å². The standard InChI is InChI=1S/C13H10Cl3NO/c14-9-2-3-12(10(15)6-9)17-7-8-1-4-13(18)11(16)5-8/h1-6,17-18H,7H2. The molecule has 0 bridgehead atoms. The highest BCUT2D eigenvalue weighted by Gasteiger charge is 2.03. The first kappa shape index (κ1) is 13.3. The maximum absolute atomic E-state index is 9.32. The molecule has 0 atom stereocenters. The van der Waals surface area contributed by atoms with E-state index in [1.54, 1.807) is 30.3 Å². The average Bonchev–Trinajstić information content (AvgIpc) is 2.32. The summed E-state index contributed by atoms with van der Waals surface area (Å²) < 4.78 is 0. The summed E-state index contributed by atoms with van der Waals surface area (Å²) in [4.78, 5) is 0. The molecular weight excluding hydrogens is 293 g/mol. The molecule has 5 heteroatoms. The maximum Gasteiger partial charge on any atom is 0.134 e. The van der Waals surface area contributed by atoms with E-state index in [1.165, 1.54) is 0 Å². The fourth-order valence-electron chi connectivity index (χ4n) is 1.49. The topological polar surface area (TPSA) is 32.3 Å². The van der Waals surface area contributed by atoms with Crippen LogP contribution in [-0.4, -0.2) is 5.11 Å². The van der Waals surface area contributed by atoms with E-state index in [2.05, 4.69) is 5.32 Å². The summed E-state index contributed by atoms with van der Waals surface area (Å²) in [5.41, 5.74) is 1.74. The van der Waals surface area contributed by atoms with Crippen LogP contribution in [0.25, 0.3) is 0 Å². The lowest BCUT2D eigenvalue weighted by molar-refractivity contribution is 0.475. The molecule has 0 spiro atoms. The monoisotopic (exact) mass is 301 g/mol. The molecular formula is C13H10Cl3NO. The first-order valence-corrected chi connectivity index (χ1v) is 6.36. The zero-order valence-corrected chi connectivity index (χ0v) is 11.5. The Bertz CT molecular complexity index is 572. The number of phenols is 1. The molecule has 18 heavy (non-hydrogen) atoms. The predicted octanol–water partition coefficient (Wildman–Crippen LogP) is 4.96. The second-order valence-electron chi connectivity index (χ2n) is 3.76. The van der Waals surface area contributed by atoms with Crippen molar-refractivity contribution in [2.45, 2.75) is 6.54 Å². The third kappa shape index (κ3) is 3.22. The summed E-state index contributed by atoms with van der Waals surface area (Å²) >= 11 is 17.7. The number of halogens is 3. The fraction of sp³-hybridized carbons (Fsp3) is 0.0769. The van der Waals surface area contributed by atoms with Gasteiger partial charge in [-0.05, 0) is 35.9 Å². The lowest BCUT2D eigenvalue weighted by Crippen LogP contribution is -1.99. The normalized spacial score (nSPS) is 10.4. The first-order valence-electron chi connectivity index (χ1n) is 5.22. The second-order valence-corrected chi connectivity index (χ2v) is 5.01. The van der Waals surface area contributed by atoms with Crippen molar-refractivity contribution < 1.29 is 5.11 Å². The summed E-state index contributed by atoms with van der Waals surface area (Å²) in [6.07, 6.45) is 0. The minimum atomic E-state index is 0.0740. The number of nitrogens with one attached hydrogen (secondary N) is 1. The van der Waals surface area contributed by atoms with Gasteiger partial charge >= 0.3 is 0 Å². The summed E-state index contributed by atoms with van der Waals surface area (Å²) in [6.45, 7) is 0.557. The molecule has 2 aromatic rings. The van der Waals surface area contributed by atoms with Crippen LogP contribution in [0.4, 0.5) is 5.69 Å².